The zero-order chi connectivity index (χ0) is 29.6. The molecule has 0 aliphatic carbocycles. The fourth-order valence-electron chi connectivity index (χ4n) is 4.43. The third kappa shape index (κ3) is 7.58. The second kappa shape index (κ2) is 14.3. The molecule has 0 saturated carbocycles. The molecule has 0 bridgehead atoms. The zero-order valence-corrected chi connectivity index (χ0v) is 25.6. The maximum Gasteiger partial charge on any atom is 0.258 e. The Labute approximate surface area is 256 Å². The lowest BCUT2D eigenvalue weighted by Crippen LogP contribution is -2.29. The van der Waals surface area contributed by atoms with Crippen molar-refractivity contribution < 1.29 is 14.2 Å². The third-order valence-corrected chi connectivity index (χ3v) is 6.37. The Morgan fingerprint density at radius 3 is 2.33 bits per heavy atom. The van der Waals surface area contributed by atoms with Crippen molar-refractivity contribution in [3.8, 4) is 5.88 Å². The number of rotatable bonds is 12. The molecule has 4 N–H and O–H groups in total. The van der Waals surface area contributed by atoms with Crippen molar-refractivity contribution in [3.63, 3.8) is 0 Å². The Kier molecular flexibility index (Phi) is 10.5. The van der Waals surface area contributed by atoms with Gasteiger partial charge in [0, 0.05) is 19.0 Å². The predicted molar refractivity (Wildman–Crippen MR) is 172 cm³/mol. The number of aromatic nitrogens is 4. The van der Waals surface area contributed by atoms with Gasteiger partial charge in [-0.25, -0.2) is 19.0 Å². The summed E-state index contributed by atoms with van der Waals surface area (Å²) < 4.78 is 20.8. The van der Waals surface area contributed by atoms with Crippen molar-refractivity contribution >= 4 is 52.2 Å². The second-order valence-electron chi connectivity index (χ2n) is 10.4. The molecular formula is C30H38ClN9O3. The Morgan fingerprint density at radius 1 is 0.930 bits per heavy atom. The van der Waals surface area contributed by atoms with Crippen LogP contribution in [0.1, 0.15) is 39.8 Å². The highest BCUT2D eigenvalue weighted by atomic mass is 35.5. The molecule has 4 aromatic heterocycles. The molecule has 0 amide bonds. The first-order chi connectivity index (χ1) is 20.3. The highest BCUT2D eigenvalue weighted by molar-refractivity contribution is 6.52. The maximum absolute atomic E-state index is 8.61. The Balaban J connectivity index is 0.00000423. The molecule has 1 aliphatic heterocycles. The summed E-state index contributed by atoms with van der Waals surface area (Å²) in [7, 11) is 0. The number of hydrogen-bond donors (Lipinski definition) is 3. The molecule has 0 unspecified atom stereocenters. The molecule has 4 aromatic rings. The van der Waals surface area contributed by atoms with E-state index >= 15 is 0 Å². The number of pyridine rings is 2. The largest absolute Gasteiger partial charge is 0.473 e. The lowest BCUT2D eigenvalue weighted by atomic mass is 10.2. The number of nitrogens with zero attached hydrogens (tertiary/aromatic N) is 6. The van der Waals surface area contributed by atoms with Crippen molar-refractivity contribution in [3.05, 3.63) is 66.3 Å². The van der Waals surface area contributed by atoms with Crippen LogP contribution in [-0.2, 0) is 15.9 Å². The highest BCUT2D eigenvalue weighted by Crippen LogP contribution is 2.30. The van der Waals surface area contributed by atoms with E-state index < -0.39 is 0 Å². The van der Waals surface area contributed by atoms with Crippen LogP contribution in [0.2, 0.25) is 0 Å². The van der Waals surface area contributed by atoms with Crippen LogP contribution in [0.5, 0.6) is 5.88 Å². The number of anilines is 1. The molecule has 5 heterocycles. The molecule has 1 aliphatic rings. The molecule has 228 valence electrons. The Morgan fingerprint density at radius 2 is 1.60 bits per heavy atom. The van der Waals surface area contributed by atoms with Crippen LogP contribution in [0.15, 0.2) is 70.5 Å². The number of hydrogen-bond acceptors (Lipinski definition) is 9. The maximum atomic E-state index is 8.61. The second-order valence-corrected chi connectivity index (χ2v) is 10.4. The van der Waals surface area contributed by atoms with E-state index in [4.69, 9.17) is 35.4 Å². The molecule has 13 heteroatoms. The van der Waals surface area contributed by atoms with Gasteiger partial charge in [-0.05, 0) is 70.9 Å². The molecule has 0 saturated heterocycles. The summed E-state index contributed by atoms with van der Waals surface area (Å²) in [5.74, 6) is 0.933. The lowest BCUT2D eigenvalue weighted by molar-refractivity contribution is 0.0543. The number of fused-ring (bicyclic) bond motifs is 2. The summed E-state index contributed by atoms with van der Waals surface area (Å²) in [6, 6.07) is 11.5. The third-order valence-electron chi connectivity index (χ3n) is 6.37. The van der Waals surface area contributed by atoms with E-state index in [0.29, 0.717) is 43.5 Å². The first-order valence-corrected chi connectivity index (χ1v) is 14.1. The van der Waals surface area contributed by atoms with Gasteiger partial charge >= 0.3 is 0 Å². The molecule has 5 rings (SSSR count). The summed E-state index contributed by atoms with van der Waals surface area (Å²) in [6.45, 7) is 9.35. The molecule has 0 fully saturated rings. The Hall–Kier alpha value is -4.26. The summed E-state index contributed by atoms with van der Waals surface area (Å²) in [6.07, 6.45) is 7.00. The predicted octanol–water partition coefficient (Wildman–Crippen LogP) is 4.98. The van der Waals surface area contributed by atoms with E-state index in [1.807, 2.05) is 76.5 Å². The fraction of sp³-hybridized carbons (Fsp3) is 0.367. The van der Waals surface area contributed by atoms with Gasteiger partial charge in [-0.1, -0.05) is 12.1 Å². The fourth-order valence-corrected chi connectivity index (χ4v) is 4.43. The molecule has 0 aromatic carbocycles. The molecule has 12 nitrogen and oxygen atoms in total. The number of nitrogens with two attached hydrogens (primary N) is 1. The Bertz CT molecular complexity index is 1670. The smallest absolute Gasteiger partial charge is 0.258 e. The van der Waals surface area contributed by atoms with E-state index in [-0.39, 0.29) is 47.7 Å². The van der Waals surface area contributed by atoms with Gasteiger partial charge in [-0.2, -0.15) is 5.10 Å². The van der Waals surface area contributed by atoms with Crippen LogP contribution in [0.25, 0.3) is 11.0 Å². The van der Waals surface area contributed by atoms with E-state index in [2.05, 4.69) is 15.4 Å². The van der Waals surface area contributed by atoms with Crippen LogP contribution in [0, 0.1) is 5.41 Å². The van der Waals surface area contributed by atoms with Crippen molar-refractivity contribution in [2.24, 2.45) is 15.7 Å². The number of nitrogens with one attached hydrogen (secondary N) is 2. The van der Waals surface area contributed by atoms with Gasteiger partial charge in [0.1, 0.15) is 18.0 Å². The molecule has 0 spiro atoms. The zero-order valence-electron chi connectivity index (χ0n) is 24.8. The highest BCUT2D eigenvalue weighted by Gasteiger charge is 2.22. The summed E-state index contributed by atoms with van der Waals surface area (Å²) in [5.41, 5.74) is 10.4. The van der Waals surface area contributed by atoms with Gasteiger partial charge in [0.15, 0.2) is 11.7 Å². The van der Waals surface area contributed by atoms with Crippen LogP contribution in [0.4, 0.5) is 11.4 Å². The summed E-state index contributed by atoms with van der Waals surface area (Å²) in [5, 5.41) is 21.2. The van der Waals surface area contributed by atoms with Gasteiger partial charge in [0.2, 0.25) is 0 Å². The van der Waals surface area contributed by atoms with Gasteiger partial charge in [0.25, 0.3) is 5.88 Å². The average Bonchev–Trinajstić information content (AvgIpc) is 3.49. The van der Waals surface area contributed by atoms with Gasteiger partial charge in [-0.3, -0.25) is 5.41 Å². The van der Waals surface area contributed by atoms with Gasteiger partial charge in [0.05, 0.1) is 47.0 Å². The summed E-state index contributed by atoms with van der Waals surface area (Å²) >= 11 is 0. The van der Waals surface area contributed by atoms with Crippen LogP contribution < -0.4 is 15.8 Å². The van der Waals surface area contributed by atoms with E-state index in [0.717, 1.165) is 23.1 Å². The van der Waals surface area contributed by atoms with Crippen LogP contribution >= 0.6 is 12.4 Å². The van der Waals surface area contributed by atoms with Crippen molar-refractivity contribution in [2.45, 2.75) is 52.7 Å². The first-order valence-electron chi connectivity index (χ1n) is 14.1. The molecular weight excluding hydrogens is 570 g/mol. The number of aryl methyl sites for hydroxylation is 1. The number of ether oxygens (including phenoxy) is 3. The van der Waals surface area contributed by atoms with Crippen molar-refractivity contribution in [1.82, 2.24) is 19.2 Å². The number of amidine groups is 2. The van der Waals surface area contributed by atoms with Crippen LogP contribution in [-0.4, -0.2) is 68.6 Å². The van der Waals surface area contributed by atoms with Crippen molar-refractivity contribution in [2.75, 3.05) is 25.1 Å². The minimum Gasteiger partial charge on any atom is -0.473 e. The van der Waals surface area contributed by atoms with Crippen LogP contribution in [0.3, 0.4) is 0 Å². The number of dihydropyridines is 1. The number of aliphatic imine (C=N–C) groups is 2. The molecule has 0 radical (unpaired) electrons. The molecule has 43 heavy (non-hydrogen) atoms. The molecule has 0 atom stereocenters. The minimum atomic E-state index is 0. The topological polar surface area (TPSA) is 149 Å². The number of halogens is 1. The standard InChI is InChI=1S/C30H37N9O3.ClH/c1-19(2)40-15-9-10-23-26(24-11-5-7-13-38(24)36-23)33-28-21(31)18-22(32)29(35-28)34-27-25-12-6-8-14-39(25)37-30(27)42-17-16-41-20(3)4;/h5-8,11-14,18-20,32H,9-10,15-17,31H2,1-4H3,(H,33,34,35);1H. The van der Waals surface area contributed by atoms with E-state index in [1.54, 1.807) is 15.1 Å². The van der Waals surface area contributed by atoms with Crippen molar-refractivity contribution in [1.29, 1.82) is 5.41 Å². The summed E-state index contributed by atoms with van der Waals surface area (Å²) in [4.78, 5) is 9.57. The average molecular weight is 608 g/mol. The van der Waals surface area contributed by atoms with E-state index in [9.17, 15) is 0 Å². The minimum absolute atomic E-state index is 0. The monoisotopic (exact) mass is 607 g/mol. The first kappa shape index (κ1) is 31.7. The quantitative estimate of drug-likeness (QED) is 0.192. The lowest BCUT2D eigenvalue weighted by Gasteiger charge is -2.15. The van der Waals surface area contributed by atoms with Gasteiger partial charge in [-0.15, -0.1) is 17.5 Å². The normalized spacial score (nSPS) is 14.5. The van der Waals surface area contributed by atoms with Gasteiger partial charge < -0.3 is 25.3 Å². The SMILES string of the molecule is CC(C)OCCCc1nn2ccccc2c1N=C1N=C(Nc2c(OCCOC(C)C)nn3ccccc23)C(=N)C=C1N.Cl. The van der Waals surface area contributed by atoms with E-state index in [1.165, 1.54) is 0 Å².